The smallest absolute Gasteiger partial charge is 0.258 e. The Hall–Kier alpha value is -11.4. The third-order valence-electron chi connectivity index (χ3n) is 19.7. The van der Waals surface area contributed by atoms with E-state index in [1.54, 1.807) is 70.3 Å². The molecule has 4 aliphatic heterocycles. The molecule has 12 aromatic rings. The van der Waals surface area contributed by atoms with Crippen molar-refractivity contribution in [2.24, 2.45) is 0 Å². The Labute approximate surface area is 615 Å². The molecule has 3 atom stereocenters. The number of rotatable bonds is 13. The van der Waals surface area contributed by atoms with Crippen molar-refractivity contribution < 1.29 is 18.9 Å². The van der Waals surface area contributed by atoms with Crippen molar-refractivity contribution in [1.29, 1.82) is 0 Å². The van der Waals surface area contributed by atoms with Crippen LogP contribution in [0.25, 0.3) is 67.6 Å². The number of pyridine rings is 4. The van der Waals surface area contributed by atoms with Gasteiger partial charge < -0.3 is 59.0 Å². The van der Waals surface area contributed by atoms with Gasteiger partial charge in [-0.05, 0) is 131 Å². The number of aromatic nitrogens is 8. The molecule has 8 aromatic heterocycles. The Morgan fingerprint density at radius 2 is 0.679 bits per heavy atom. The van der Waals surface area contributed by atoms with Crippen LogP contribution in [-0.4, -0.2) is 193 Å². The molecular weight excluding hydrogens is 1340 g/mol. The number of hydrogen-bond acceptors (Lipinski definition) is 20. The van der Waals surface area contributed by atoms with Gasteiger partial charge in [-0.25, -0.2) is 19.9 Å². The molecule has 0 amide bonds. The minimum Gasteiger partial charge on any atom is -0.497 e. The van der Waals surface area contributed by atoms with Gasteiger partial charge in [0, 0.05) is 175 Å². The van der Waals surface area contributed by atoms with Gasteiger partial charge in [0.05, 0.1) is 74.0 Å². The number of nitrogens with zero attached hydrogens (tertiary/aromatic N) is 14. The van der Waals surface area contributed by atoms with Gasteiger partial charge in [0.1, 0.15) is 45.6 Å². The second kappa shape index (κ2) is 33.1. The summed E-state index contributed by atoms with van der Waals surface area (Å²) < 4.78 is 27.6. The van der Waals surface area contributed by atoms with Gasteiger partial charge in [0.2, 0.25) is 0 Å². The Balaban J connectivity index is 0.000000125. The van der Waals surface area contributed by atoms with Crippen LogP contribution in [0.2, 0.25) is 0 Å². The molecule has 0 unspecified atom stereocenters. The Morgan fingerprint density at radius 3 is 1.00 bits per heavy atom. The highest BCUT2D eigenvalue weighted by atomic mass is 16.5. The highest BCUT2D eigenvalue weighted by Crippen LogP contribution is 2.29. The fourth-order valence-corrected chi connectivity index (χ4v) is 13.9. The number of methoxy groups -OCH3 is 4. The first-order valence-corrected chi connectivity index (χ1v) is 36.1. The summed E-state index contributed by atoms with van der Waals surface area (Å²) in [7, 11) is 8.64. The van der Waals surface area contributed by atoms with Crippen molar-refractivity contribution in [3.63, 3.8) is 0 Å². The molecule has 0 spiro atoms. The average molecular weight is 1430 g/mol. The molecule has 2 N–H and O–H groups in total. The molecule has 12 heterocycles. The van der Waals surface area contributed by atoms with Gasteiger partial charge in [-0.3, -0.25) is 36.8 Å². The monoisotopic (exact) mass is 1430 g/mol. The van der Waals surface area contributed by atoms with E-state index in [0.717, 1.165) is 160 Å². The predicted molar refractivity (Wildman–Crippen MR) is 422 cm³/mol. The zero-order valence-electron chi connectivity index (χ0n) is 61.6. The number of anilines is 4. The zero-order valence-corrected chi connectivity index (χ0v) is 61.6. The van der Waals surface area contributed by atoms with Gasteiger partial charge >= 0.3 is 0 Å². The third kappa shape index (κ3) is 17.2. The van der Waals surface area contributed by atoms with Crippen molar-refractivity contribution in [2.75, 3.05) is 147 Å². The molecule has 548 valence electrons. The molecule has 4 fully saturated rings. The zero-order chi connectivity index (χ0) is 74.0. The van der Waals surface area contributed by atoms with Gasteiger partial charge in [0.15, 0.2) is 0 Å². The fourth-order valence-electron chi connectivity index (χ4n) is 13.9. The van der Waals surface area contributed by atoms with E-state index in [2.05, 4.69) is 101 Å². The summed E-state index contributed by atoms with van der Waals surface area (Å²) in [6.07, 6.45) is 7.58. The molecule has 4 aliphatic rings. The highest BCUT2D eigenvalue weighted by Gasteiger charge is 2.24. The molecule has 106 heavy (non-hydrogen) atoms. The Bertz CT molecular complexity index is 5330. The number of likely N-dealkylation sites (N-methyl/N-ethyl adjacent to an activating group) is 2. The van der Waals surface area contributed by atoms with Crippen LogP contribution < -0.4 is 71.4 Å². The quantitative estimate of drug-likeness (QED) is 0.110. The number of nitrogens with one attached hydrogen (secondary N) is 2. The van der Waals surface area contributed by atoms with E-state index in [4.69, 9.17) is 18.9 Å². The van der Waals surface area contributed by atoms with Crippen molar-refractivity contribution in [3.05, 3.63) is 236 Å². The van der Waals surface area contributed by atoms with Gasteiger partial charge in [-0.2, -0.15) is 0 Å². The first kappa shape index (κ1) is 72.9. The predicted octanol–water partition coefficient (Wildman–Crippen LogP) is 9.36. The molecule has 0 saturated carbocycles. The van der Waals surface area contributed by atoms with E-state index < -0.39 is 0 Å². The van der Waals surface area contributed by atoms with Gasteiger partial charge in [0.25, 0.3) is 22.2 Å². The lowest BCUT2D eigenvalue weighted by Gasteiger charge is -2.37. The normalized spacial score (nSPS) is 17.0. The summed E-state index contributed by atoms with van der Waals surface area (Å²) in [5, 5.41) is 6.96. The Kier molecular flexibility index (Phi) is 22.8. The van der Waals surface area contributed by atoms with Crippen molar-refractivity contribution in [3.8, 4) is 68.0 Å². The summed E-state index contributed by atoms with van der Waals surface area (Å²) in [4.78, 5) is 83.5. The molecular formula is C82H92N16O8. The molecule has 0 aliphatic carbocycles. The first-order valence-electron chi connectivity index (χ1n) is 36.1. The SMILES string of the molecule is CCN1CCN(c2ccc3nc(-c4cccc(OC)c4)cc(=O)n3c2)CC1.COc1cccc(-c2cc(=O)n3cc(N4CCN(C)CC4)ccc3n2)c1.COc1cccc(-c2cc(=O)n3cc(N4CCN[C@H](C)C4)ccc3n2)c1.COc1cccc(-c2cc(=O)n3cc(N4C[C@@H](C)N[C@@H](C)C4)ccc3n2)c1. The molecule has 4 saturated heterocycles. The summed E-state index contributed by atoms with van der Waals surface area (Å²) in [6.45, 7) is 22.5. The number of benzene rings is 4. The summed E-state index contributed by atoms with van der Waals surface area (Å²) in [5.74, 6) is 2.98. The number of ether oxygens (including phenoxy) is 4. The summed E-state index contributed by atoms with van der Waals surface area (Å²) >= 11 is 0. The van der Waals surface area contributed by atoms with E-state index in [1.807, 2.05) is 164 Å². The van der Waals surface area contributed by atoms with Crippen LogP contribution in [0.5, 0.6) is 23.0 Å². The van der Waals surface area contributed by atoms with E-state index in [9.17, 15) is 19.2 Å². The maximum atomic E-state index is 12.8. The van der Waals surface area contributed by atoms with Gasteiger partial charge in [-0.15, -0.1) is 0 Å². The van der Waals surface area contributed by atoms with Crippen molar-refractivity contribution >= 4 is 45.3 Å². The molecule has 0 bridgehead atoms. The lowest BCUT2D eigenvalue weighted by Crippen LogP contribution is -2.54. The number of piperazine rings is 4. The fraction of sp³-hybridized carbons (Fsp3) is 0.317. The van der Waals surface area contributed by atoms with Crippen LogP contribution in [0, 0.1) is 0 Å². The topological polar surface area (TPSA) is 218 Å². The van der Waals surface area contributed by atoms with Crippen LogP contribution in [0.4, 0.5) is 22.7 Å². The number of hydrogen-bond donors (Lipinski definition) is 2. The molecule has 24 heteroatoms. The lowest BCUT2D eigenvalue weighted by molar-refractivity contribution is 0.271. The maximum Gasteiger partial charge on any atom is 0.258 e. The lowest BCUT2D eigenvalue weighted by atomic mass is 10.1. The summed E-state index contributed by atoms with van der Waals surface area (Å²) in [6, 6.07) is 53.8. The summed E-state index contributed by atoms with van der Waals surface area (Å²) in [5.41, 5.74) is 12.5. The van der Waals surface area contributed by atoms with E-state index in [1.165, 1.54) is 0 Å². The highest BCUT2D eigenvalue weighted by molar-refractivity contribution is 5.68. The van der Waals surface area contributed by atoms with E-state index in [0.29, 0.717) is 63.5 Å². The van der Waals surface area contributed by atoms with Crippen molar-refractivity contribution in [1.82, 2.24) is 58.0 Å². The van der Waals surface area contributed by atoms with E-state index >= 15 is 0 Å². The van der Waals surface area contributed by atoms with Gasteiger partial charge in [-0.1, -0.05) is 55.5 Å². The van der Waals surface area contributed by atoms with Crippen LogP contribution in [-0.2, 0) is 0 Å². The minimum atomic E-state index is -0.0871. The van der Waals surface area contributed by atoms with Crippen LogP contribution in [0.3, 0.4) is 0 Å². The molecule has 24 nitrogen and oxygen atoms in total. The minimum absolute atomic E-state index is 0.0770. The van der Waals surface area contributed by atoms with Crippen LogP contribution in [0.15, 0.2) is 214 Å². The number of fused-ring (bicyclic) bond motifs is 4. The van der Waals surface area contributed by atoms with Crippen molar-refractivity contribution in [2.45, 2.75) is 45.8 Å². The van der Waals surface area contributed by atoms with E-state index in [-0.39, 0.29) is 22.2 Å². The van der Waals surface area contributed by atoms with Crippen LogP contribution >= 0.6 is 0 Å². The first-order chi connectivity index (χ1) is 51.5. The molecule has 0 radical (unpaired) electrons. The second-order valence-electron chi connectivity index (χ2n) is 27.2. The molecule has 16 rings (SSSR count). The average Bonchev–Trinajstić information content (AvgIpc) is 0.802. The standard InChI is InChI=1S/2C21H24N4O2.2C20H22N4O2/c1-14-11-24(12-15(2)22-14)17-7-8-20-23-19(10-21(26)25(20)13-17)16-5-4-6-18(9-16)27-3;1-3-23-9-11-24(12-10-23)17-7-8-20-22-19(14-21(26)25(20)15-17)16-5-4-6-18(13-16)27-2;1-22-8-10-23(11-9-22)16-6-7-19-21-18(13-20(25)24(19)14-16)15-4-3-5-17(12-15)26-2;1-14-12-23(9-8-21-14)16-6-7-19-22-18(11-20(25)24(19)13-16)15-4-3-5-17(10-15)26-2/h4-10,13-15,22H,11-12H2,1-3H3;4-8,13-15H,3,9-12H2,1-2H3;3-7,12-14H,8-11H2,1-2H3;3-7,10-11,13-14,21H,8-9,12H2,1-2H3/t14-,15+;;;14-/m...1/s1. The third-order valence-corrected chi connectivity index (χ3v) is 19.7. The maximum absolute atomic E-state index is 12.8. The largest absolute Gasteiger partial charge is 0.497 e. The molecule has 4 aromatic carbocycles. The Morgan fingerprint density at radius 1 is 0.368 bits per heavy atom. The van der Waals surface area contributed by atoms with Crippen LogP contribution in [0.1, 0.15) is 27.7 Å². The second-order valence-corrected chi connectivity index (χ2v) is 27.2.